The second-order valence-electron chi connectivity index (χ2n) is 6.32. The molecule has 4 nitrogen and oxygen atoms in total. The number of rotatable bonds is 2. The van der Waals surface area contributed by atoms with Gasteiger partial charge in [-0.15, -0.1) is 0 Å². The zero-order chi connectivity index (χ0) is 16.7. The van der Waals surface area contributed by atoms with Crippen molar-refractivity contribution in [2.75, 3.05) is 18.0 Å². The van der Waals surface area contributed by atoms with Gasteiger partial charge in [0.2, 0.25) is 0 Å². The summed E-state index contributed by atoms with van der Waals surface area (Å²) in [6, 6.07) is 5.69. The van der Waals surface area contributed by atoms with Gasteiger partial charge < -0.3 is 4.90 Å². The van der Waals surface area contributed by atoms with E-state index in [0.717, 1.165) is 42.5 Å². The first-order valence-corrected chi connectivity index (χ1v) is 8.13. The lowest BCUT2D eigenvalue weighted by atomic mass is 9.90. The Bertz CT molecular complexity index is 890. The minimum absolute atomic E-state index is 0.0412. The predicted molar refractivity (Wildman–Crippen MR) is 88.3 cm³/mol. The quantitative estimate of drug-likeness (QED) is 0.719. The molecule has 1 aromatic carbocycles. The maximum Gasteiger partial charge on any atom is 0.154 e. The first kappa shape index (κ1) is 15.1. The summed E-state index contributed by atoms with van der Waals surface area (Å²) in [7, 11) is 0. The summed E-state index contributed by atoms with van der Waals surface area (Å²) in [5.74, 6) is 0.0740. The van der Waals surface area contributed by atoms with Gasteiger partial charge in [0.25, 0.3) is 0 Å². The number of nitrogens with zero attached hydrogens (tertiary/aromatic N) is 4. The van der Waals surface area contributed by atoms with Crippen LogP contribution in [0.5, 0.6) is 0 Å². The first-order chi connectivity index (χ1) is 11.6. The summed E-state index contributed by atoms with van der Waals surface area (Å²) < 4.78 is 29.5. The molecule has 6 heteroatoms. The summed E-state index contributed by atoms with van der Waals surface area (Å²) in [6.07, 6.45) is 5.30. The van der Waals surface area contributed by atoms with E-state index in [-0.39, 0.29) is 11.7 Å². The molecule has 24 heavy (non-hydrogen) atoms. The van der Waals surface area contributed by atoms with E-state index >= 15 is 0 Å². The van der Waals surface area contributed by atoms with Gasteiger partial charge >= 0.3 is 0 Å². The fourth-order valence-electron chi connectivity index (χ4n) is 3.53. The van der Waals surface area contributed by atoms with Crippen LogP contribution in [0.2, 0.25) is 0 Å². The van der Waals surface area contributed by atoms with Crippen LogP contribution in [0.3, 0.4) is 0 Å². The van der Waals surface area contributed by atoms with Crippen LogP contribution in [0.25, 0.3) is 5.52 Å². The molecule has 0 bridgehead atoms. The van der Waals surface area contributed by atoms with E-state index in [1.165, 1.54) is 12.1 Å². The van der Waals surface area contributed by atoms with Gasteiger partial charge in [-0.3, -0.25) is 0 Å². The summed E-state index contributed by atoms with van der Waals surface area (Å²) in [5, 5.41) is 4.41. The second-order valence-corrected chi connectivity index (χ2v) is 6.32. The lowest BCUT2D eigenvalue weighted by Gasteiger charge is -2.34. The maximum atomic E-state index is 14.1. The highest BCUT2D eigenvalue weighted by atomic mass is 19.1. The van der Waals surface area contributed by atoms with Crippen LogP contribution in [-0.2, 0) is 0 Å². The van der Waals surface area contributed by atoms with Gasteiger partial charge in [-0.05, 0) is 49.6 Å². The molecule has 0 N–H and O–H groups in total. The molecule has 0 spiro atoms. The SMILES string of the molecule is Cc1cc2c(N3CCCC(c4cc(F)ccc4F)C3)nccn2n1. The van der Waals surface area contributed by atoms with Crippen molar-refractivity contribution in [1.29, 1.82) is 0 Å². The Morgan fingerprint density at radius 3 is 2.96 bits per heavy atom. The van der Waals surface area contributed by atoms with Crippen LogP contribution in [0.1, 0.15) is 30.0 Å². The Kier molecular flexibility index (Phi) is 3.67. The van der Waals surface area contributed by atoms with Crippen molar-refractivity contribution >= 4 is 11.3 Å². The van der Waals surface area contributed by atoms with Gasteiger partial charge in [-0.2, -0.15) is 5.10 Å². The maximum absolute atomic E-state index is 14.1. The molecule has 1 fully saturated rings. The summed E-state index contributed by atoms with van der Waals surface area (Å²) >= 11 is 0. The molecule has 0 saturated carbocycles. The molecule has 4 rings (SSSR count). The van der Waals surface area contributed by atoms with E-state index in [9.17, 15) is 8.78 Å². The number of fused-ring (bicyclic) bond motifs is 1. The average molecular weight is 328 g/mol. The van der Waals surface area contributed by atoms with Gasteiger partial charge in [0, 0.05) is 31.4 Å². The third-order valence-corrected chi connectivity index (χ3v) is 4.61. The van der Waals surface area contributed by atoms with Gasteiger partial charge in [-0.1, -0.05) is 0 Å². The zero-order valence-electron chi connectivity index (χ0n) is 13.4. The Labute approximate surface area is 138 Å². The number of benzene rings is 1. The van der Waals surface area contributed by atoms with Crippen molar-refractivity contribution in [2.24, 2.45) is 0 Å². The van der Waals surface area contributed by atoms with E-state index in [4.69, 9.17) is 0 Å². The topological polar surface area (TPSA) is 33.4 Å². The molecule has 1 unspecified atom stereocenters. The Hall–Kier alpha value is -2.50. The second kappa shape index (κ2) is 5.85. The average Bonchev–Trinajstić information content (AvgIpc) is 2.97. The molecule has 3 heterocycles. The molecular formula is C18H18F2N4. The summed E-state index contributed by atoms with van der Waals surface area (Å²) in [5.41, 5.74) is 2.32. The fourth-order valence-corrected chi connectivity index (χ4v) is 3.53. The van der Waals surface area contributed by atoms with Crippen molar-refractivity contribution < 1.29 is 8.78 Å². The van der Waals surface area contributed by atoms with Crippen LogP contribution in [0.15, 0.2) is 36.7 Å². The molecule has 1 aliphatic rings. The third-order valence-electron chi connectivity index (χ3n) is 4.61. The number of anilines is 1. The van der Waals surface area contributed by atoms with Crippen molar-refractivity contribution in [1.82, 2.24) is 14.6 Å². The monoisotopic (exact) mass is 328 g/mol. The van der Waals surface area contributed by atoms with Crippen LogP contribution >= 0.6 is 0 Å². The van der Waals surface area contributed by atoms with E-state index in [1.807, 2.05) is 23.7 Å². The van der Waals surface area contributed by atoms with Gasteiger partial charge in [0.15, 0.2) is 5.82 Å². The highest BCUT2D eigenvalue weighted by Crippen LogP contribution is 2.32. The molecule has 2 aromatic heterocycles. The number of hydrogen-bond donors (Lipinski definition) is 0. The molecular weight excluding hydrogens is 310 g/mol. The molecule has 3 aromatic rings. The normalized spacial score (nSPS) is 18.3. The third kappa shape index (κ3) is 2.62. The highest BCUT2D eigenvalue weighted by molar-refractivity contribution is 5.69. The Morgan fingerprint density at radius 2 is 2.08 bits per heavy atom. The smallest absolute Gasteiger partial charge is 0.154 e. The number of aryl methyl sites for hydroxylation is 1. The first-order valence-electron chi connectivity index (χ1n) is 8.13. The van der Waals surface area contributed by atoms with Crippen molar-refractivity contribution in [3.8, 4) is 0 Å². The molecule has 1 aliphatic heterocycles. The molecule has 0 aliphatic carbocycles. The van der Waals surface area contributed by atoms with Gasteiger partial charge in [-0.25, -0.2) is 18.3 Å². The Balaban J connectivity index is 1.68. The van der Waals surface area contributed by atoms with Crippen LogP contribution < -0.4 is 4.90 Å². The fraction of sp³-hybridized carbons (Fsp3) is 0.333. The van der Waals surface area contributed by atoms with Crippen molar-refractivity contribution in [3.63, 3.8) is 0 Å². The standard InChI is InChI=1S/C18H18F2N4/c1-12-9-17-18(21-6-8-24(17)22-12)23-7-2-3-13(11-23)15-10-14(19)4-5-16(15)20/h4-6,8-10,13H,2-3,7,11H2,1H3. The largest absolute Gasteiger partial charge is 0.354 e. The molecule has 1 saturated heterocycles. The minimum atomic E-state index is -0.393. The summed E-state index contributed by atoms with van der Waals surface area (Å²) in [4.78, 5) is 6.66. The number of aromatic nitrogens is 3. The minimum Gasteiger partial charge on any atom is -0.354 e. The van der Waals surface area contributed by atoms with Gasteiger partial charge in [0.05, 0.1) is 5.69 Å². The van der Waals surface area contributed by atoms with Crippen LogP contribution in [-0.4, -0.2) is 27.7 Å². The van der Waals surface area contributed by atoms with Gasteiger partial charge in [0.1, 0.15) is 17.2 Å². The van der Waals surface area contributed by atoms with E-state index in [1.54, 1.807) is 6.20 Å². The molecule has 0 radical (unpaired) electrons. The lowest BCUT2D eigenvalue weighted by molar-refractivity contribution is 0.480. The van der Waals surface area contributed by atoms with E-state index in [2.05, 4.69) is 15.0 Å². The molecule has 0 amide bonds. The van der Waals surface area contributed by atoms with Crippen molar-refractivity contribution in [3.05, 3.63) is 59.6 Å². The number of halogens is 2. The van der Waals surface area contributed by atoms with E-state index in [0.29, 0.717) is 12.1 Å². The summed E-state index contributed by atoms with van der Waals surface area (Å²) in [6.45, 7) is 3.42. The zero-order valence-corrected chi connectivity index (χ0v) is 13.4. The molecule has 124 valence electrons. The Morgan fingerprint density at radius 1 is 1.21 bits per heavy atom. The van der Waals surface area contributed by atoms with Crippen LogP contribution in [0, 0.1) is 18.6 Å². The molecule has 1 atom stereocenters. The lowest BCUT2D eigenvalue weighted by Crippen LogP contribution is -2.35. The predicted octanol–water partition coefficient (Wildman–Crippen LogP) is 3.70. The van der Waals surface area contributed by atoms with E-state index < -0.39 is 5.82 Å². The highest BCUT2D eigenvalue weighted by Gasteiger charge is 2.26. The van der Waals surface area contributed by atoms with Crippen molar-refractivity contribution in [2.45, 2.75) is 25.7 Å². The van der Waals surface area contributed by atoms with Crippen LogP contribution in [0.4, 0.5) is 14.6 Å². The number of piperidine rings is 1. The number of hydrogen-bond acceptors (Lipinski definition) is 3.